The molecule has 0 unspecified atom stereocenters. The summed E-state index contributed by atoms with van der Waals surface area (Å²) in [7, 11) is 0. The SMILES string of the molecule is O=C(OCc1ccccc1)N1CCN(C(=O)c2ccc(Br)o2)CC1. The van der Waals surface area contributed by atoms with Crippen molar-refractivity contribution in [2.45, 2.75) is 6.61 Å². The summed E-state index contributed by atoms with van der Waals surface area (Å²) in [4.78, 5) is 27.7. The van der Waals surface area contributed by atoms with Crippen molar-refractivity contribution in [1.82, 2.24) is 9.80 Å². The number of ether oxygens (including phenoxy) is 1. The van der Waals surface area contributed by atoms with Gasteiger partial charge in [-0.05, 0) is 33.6 Å². The van der Waals surface area contributed by atoms with E-state index < -0.39 is 0 Å². The average Bonchev–Trinajstić information content (AvgIpc) is 3.06. The van der Waals surface area contributed by atoms with Gasteiger partial charge in [-0.2, -0.15) is 0 Å². The molecule has 0 spiro atoms. The highest BCUT2D eigenvalue weighted by Gasteiger charge is 2.27. The molecule has 1 aromatic carbocycles. The second-order valence-electron chi connectivity index (χ2n) is 5.42. The number of nitrogens with zero attached hydrogens (tertiary/aromatic N) is 2. The Morgan fingerprint density at radius 2 is 1.67 bits per heavy atom. The molecule has 6 nitrogen and oxygen atoms in total. The molecule has 0 saturated carbocycles. The topological polar surface area (TPSA) is 63.0 Å². The van der Waals surface area contributed by atoms with Crippen LogP contribution in [0.4, 0.5) is 4.79 Å². The van der Waals surface area contributed by atoms with Crippen LogP contribution in [0.25, 0.3) is 0 Å². The van der Waals surface area contributed by atoms with Gasteiger partial charge in [0.15, 0.2) is 10.4 Å². The Hall–Kier alpha value is -2.28. The molecule has 2 aromatic rings. The van der Waals surface area contributed by atoms with E-state index in [0.717, 1.165) is 5.56 Å². The number of furan rings is 1. The van der Waals surface area contributed by atoms with Crippen molar-refractivity contribution in [3.63, 3.8) is 0 Å². The van der Waals surface area contributed by atoms with Crippen LogP contribution in [0.3, 0.4) is 0 Å². The molecule has 3 rings (SSSR count). The third-order valence-electron chi connectivity index (χ3n) is 3.81. The van der Waals surface area contributed by atoms with Gasteiger partial charge in [0.05, 0.1) is 0 Å². The fourth-order valence-corrected chi connectivity index (χ4v) is 2.79. The van der Waals surface area contributed by atoms with Gasteiger partial charge in [0.25, 0.3) is 5.91 Å². The highest BCUT2D eigenvalue weighted by Crippen LogP contribution is 2.17. The van der Waals surface area contributed by atoms with Gasteiger partial charge in [0, 0.05) is 26.2 Å². The minimum absolute atomic E-state index is 0.169. The molecule has 2 heterocycles. The highest BCUT2D eigenvalue weighted by molar-refractivity contribution is 9.10. The molecule has 1 fully saturated rings. The van der Waals surface area contributed by atoms with Crippen LogP contribution in [-0.2, 0) is 11.3 Å². The molecular weight excluding hydrogens is 376 g/mol. The van der Waals surface area contributed by atoms with Gasteiger partial charge in [-0.15, -0.1) is 0 Å². The number of carbonyl (C=O) groups excluding carboxylic acids is 2. The van der Waals surface area contributed by atoms with Crippen LogP contribution >= 0.6 is 15.9 Å². The van der Waals surface area contributed by atoms with Crippen LogP contribution in [0.15, 0.2) is 51.6 Å². The molecule has 2 amide bonds. The zero-order chi connectivity index (χ0) is 16.9. The fourth-order valence-electron chi connectivity index (χ4n) is 2.49. The van der Waals surface area contributed by atoms with E-state index in [1.807, 2.05) is 30.3 Å². The molecule has 0 atom stereocenters. The predicted octanol–water partition coefficient (Wildman–Crippen LogP) is 3.14. The van der Waals surface area contributed by atoms with Gasteiger partial charge in [-0.1, -0.05) is 30.3 Å². The van der Waals surface area contributed by atoms with Gasteiger partial charge in [0.1, 0.15) is 6.61 Å². The Balaban J connectivity index is 1.47. The van der Waals surface area contributed by atoms with Gasteiger partial charge in [-0.3, -0.25) is 4.79 Å². The smallest absolute Gasteiger partial charge is 0.410 e. The Bertz CT molecular complexity index is 708. The summed E-state index contributed by atoms with van der Waals surface area (Å²) in [5, 5.41) is 0. The third-order valence-corrected chi connectivity index (χ3v) is 4.24. The summed E-state index contributed by atoms with van der Waals surface area (Å²) in [6.45, 7) is 2.05. The summed E-state index contributed by atoms with van der Waals surface area (Å²) in [6, 6.07) is 12.9. The van der Waals surface area contributed by atoms with Crippen LogP contribution in [-0.4, -0.2) is 48.0 Å². The molecule has 1 aliphatic rings. The Morgan fingerprint density at radius 1 is 1.00 bits per heavy atom. The standard InChI is InChI=1S/C17H17BrN2O4/c18-15-7-6-14(24-15)16(21)19-8-10-20(11-9-19)17(22)23-12-13-4-2-1-3-5-13/h1-7H,8-12H2. The van der Waals surface area contributed by atoms with Crippen molar-refractivity contribution in [2.75, 3.05) is 26.2 Å². The second-order valence-corrected chi connectivity index (χ2v) is 6.20. The Labute approximate surface area is 148 Å². The minimum atomic E-state index is -0.355. The number of piperazine rings is 1. The maximum absolute atomic E-state index is 12.3. The molecule has 7 heteroatoms. The number of rotatable bonds is 3. The van der Waals surface area contributed by atoms with E-state index in [-0.39, 0.29) is 18.6 Å². The molecular formula is C17H17BrN2O4. The Kier molecular flexibility index (Phi) is 5.20. The van der Waals surface area contributed by atoms with Crippen molar-refractivity contribution in [3.05, 3.63) is 58.5 Å². The van der Waals surface area contributed by atoms with Crippen molar-refractivity contribution in [3.8, 4) is 0 Å². The summed E-state index contributed by atoms with van der Waals surface area (Å²) in [6.07, 6.45) is -0.355. The maximum atomic E-state index is 12.3. The number of carbonyl (C=O) groups is 2. The van der Waals surface area contributed by atoms with Crippen molar-refractivity contribution < 1.29 is 18.7 Å². The van der Waals surface area contributed by atoms with Crippen LogP contribution < -0.4 is 0 Å². The summed E-state index contributed by atoms with van der Waals surface area (Å²) in [5.41, 5.74) is 0.947. The molecule has 24 heavy (non-hydrogen) atoms. The first-order chi connectivity index (χ1) is 11.6. The minimum Gasteiger partial charge on any atom is -0.445 e. The van der Waals surface area contributed by atoms with E-state index in [2.05, 4.69) is 15.9 Å². The second kappa shape index (κ2) is 7.53. The molecule has 0 aliphatic carbocycles. The lowest BCUT2D eigenvalue weighted by Crippen LogP contribution is -2.50. The van der Waals surface area contributed by atoms with E-state index >= 15 is 0 Å². The van der Waals surface area contributed by atoms with Crippen molar-refractivity contribution >= 4 is 27.9 Å². The lowest BCUT2D eigenvalue weighted by molar-refractivity contribution is 0.0521. The van der Waals surface area contributed by atoms with E-state index in [9.17, 15) is 9.59 Å². The van der Waals surface area contributed by atoms with Crippen LogP contribution in [0.1, 0.15) is 16.1 Å². The summed E-state index contributed by atoms with van der Waals surface area (Å²) < 4.78 is 11.1. The number of halogens is 1. The molecule has 0 radical (unpaired) electrons. The number of hydrogen-bond acceptors (Lipinski definition) is 4. The zero-order valence-corrected chi connectivity index (χ0v) is 14.6. The van der Waals surface area contributed by atoms with Gasteiger partial charge >= 0.3 is 6.09 Å². The van der Waals surface area contributed by atoms with Gasteiger partial charge < -0.3 is 19.0 Å². The van der Waals surface area contributed by atoms with E-state index in [1.54, 1.807) is 21.9 Å². The first-order valence-electron chi connectivity index (χ1n) is 7.64. The van der Waals surface area contributed by atoms with E-state index in [0.29, 0.717) is 36.6 Å². The van der Waals surface area contributed by atoms with Crippen molar-refractivity contribution in [1.29, 1.82) is 0 Å². The molecule has 1 aliphatic heterocycles. The average molecular weight is 393 g/mol. The van der Waals surface area contributed by atoms with Crippen molar-refractivity contribution in [2.24, 2.45) is 0 Å². The van der Waals surface area contributed by atoms with E-state index in [1.165, 1.54) is 0 Å². The zero-order valence-electron chi connectivity index (χ0n) is 13.0. The first-order valence-corrected chi connectivity index (χ1v) is 8.43. The predicted molar refractivity (Wildman–Crippen MR) is 90.5 cm³/mol. The number of amides is 2. The van der Waals surface area contributed by atoms with Crippen LogP contribution in [0.5, 0.6) is 0 Å². The Morgan fingerprint density at radius 3 is 2.29 bits per heavy atom. The monoisotopic (exact) mass is 392 g/mol. The van der Waals surface area contributed by atoms with Crippen LogP contribution in [0.2, 0.25) is 0 Å². The first kappa shape index (κ1) is 16.6. The van der Waals surface area contributed by atoms with E-state index in [4.69, 9.17) is 9.15 Å². The normalized spacial score (nSPS) is 14.5. The number of hydrogen-bond donors (Lipinski definition) is 0. The van der Waals surface area contributed by atoms with Gasteiger partial charge in [0.2, 0.25) is 0 Å². The lowest BCUT2D eigenvalue weighted by atomic mass is 10.2. The molecule has 1 saturated heterocycles. The molecule has 126 valence electrons. The fraction of sp³-hybridized carbons (Fsp3) is 0.294. The third kappa shape index (κ3) is 3.97. The quantitative estimate of drug-likeness (QED) is 0.804. The van der Waals surface area contributed by atoms with Gasteiger partial charge in [-0.25, -0.2) is 4.79 Å². The highest BCUT2D eigenvalue weighted by atomic mass is 79.9. The summed E-state index contributed by atoms with van der Waals surface area (Å²) >= 11 is 3.18. The maximum Gasteiger partial charge on any atom is 0.410 e. The molecule has 0 bridgehead atoms. The largest absolute Gasteiger partial charge is 0.445 e. The molecule has 1 aromatic heterocycles. The van der Waals surface area contributed by atoms with Crippen LogP contribution in [0, 0.1) is 0 Å². The number of benzene rings is 1. The lowest BCUT2D eigenvalue weighted by Gasteiger charge is -2.33. The summed E-state index contributed by atoms with van der Waals surface area (Å²) in [5.74, 6) is 0.125. The molecule has 0 N–H and O–H groups in total.